The average Bonchev–Trinajstić information content (AvgIpc) is 2.11. The smallest absolute Gasteiger partial charge is 0.0859 e. The van der Waals surface area contributed by atoms with Crippen molar-refractivity contribution in [1.29, 1.82) is 0 Å². The third-order valence-electron chi connectivity index (χ3n) is 3.04. The van der Waals surface area contributed by atoms with Gasteiger partial charge in [0.25, 0.3) is 0 Å². The SMILES string of the molecule is C/C=C/C1(C)CC(OC)C(C)(C)CO1. The van der Waals surface area contributed by atoms with Crippen LogP contribution in [-0.4, -0.2) is 25.4 Å². The summed E-state index contributed by atoms with van der Waals surface area (Å²) < 4.78 is 11.4. The van der Waals surface area contributed by atoms with Gasteiger partial charge in [0, 0.05) is 18.9 Å². The summed E-state index contributed by atoms with van der Waals surface area (Å²) in [5, 5.41) is 0. The van der Waals surface area contributed by atoms with Crippen LogP contribution in [0.1, 0.15) is 34.1 Å². The van der Waals surface area contributed by atoms with Crippen LogP contribution in [0.5, 0.6) is 0 Å². The van der Waals surface area contributed by atoms with Crippen LogP contribution >= 0.6 is 0 Å². The Morgan fingerprint density at radius 2 is 2.00 bits per heavy atom. The Hall–Kier alpha value is -0.340. The molecule has 14 heavy (non-hydrogen) atoms. The zero-order valence-electron chi connectivity index (χ0n) is 9.96. The minimum Gasteiger partial charge on any atom is -0.381 e. The van der Waals surface area contributed by atoms with Crippen LogP contribution in [0.3, 0.4) is 0 Å². The van der Waals surface area contributed by atoms with Crippen LogP contribution in [0.15, 0.2) is 12.2 Å². The molecule has 0 aromatic rings. The van der Waals surface area contributed by atoms with Crippen LogP contribution in [0.4, 0.5) is 0 Å². The van der Waals surface area contributed by atoms with Gasteiger partial charge in [-0.1, -0.05) is 26.0 Å². The molecule has 0 saturated carbocycles. The van der Waals surface area contributed by atoms with Crippen molar-refractivity contribution in [2.45, 2.75) is 45.8 Å². The van der Waals surface area contributed by atoms with E-state index in [2.05, 4.69) is 26.8 Å². The Kier molecular flexibility index (Phi) is 3.38. The third kappa shape index (κ3) is 2.37. The zero-order valence-corrected chi connectivity index (χ0v) is 9.96. The lowest BCUT2D eigenvalue weighted by atomic mass is 9.78. The highest BCUT2D eigenvalue weighted by molar-refractivity contribution is 5.04. The highest BCUT2D eigenvalue weighted by Crippen LogP contribution is 2.38. The standard InChI is InChI=1S/C12H22O2/c1-6-7-12(4)8-10(13-5)11(2,3)9-14-12/h6-7,10H,8-9H2,1-5H3/b7-6+. The molecule has 0 aromatic heterocycles. The van der Waals surface area contributed by atoms with Crippen molar-refractivity contribution >= 4 is 0 Å². The molecule has 0 bridgehead atoms. The molecule has 1 saturated heterocycles. The van der Waals surface area contributed by atoms with E-state index in [9.17, 15) is 0 Å². The maximum Gasteiger partial charge on any atom is 0.0859 e. The molecule has 0 spiro atoms. The number of rotatable bonds is 2. The topological polar surface area (TPSA) is 18.5 Å². The highest BCUT2D eigenvalue weighted by Gasteiger charge is 2.42. The number of methoxy groups -OCH3 is 1. The first-order valence-electron chi connectivity index (χ1n) is 5.24. The normalized spacial score (nSPS) is 37.6. The molecular formula is C12H22O2. The Bertz CT molecular complexity index is 220. The van der Waals surface area contributed by atoms with E-state index in [1.807, 2.05) is 13.0 Å². The maximum atomic E-state index is 5.89. The molecule has 2 heteroatoms. The molecular weight excluding hydrogens is 176 g/mol. The predicted octanol–water partition coefficient (Wildman–Crippen LogP) is 2.78. The fourth-order valence-corrected chi connectivity index (χ4v) is 2.02. The van der Waals surface area contributed by atoms with Gasteiger partial charge in [-0.3, -0.25) is 0 Å². The molecule has 1 aliphatic rings. The van der Waals surface area contributed by atoms with Crippen molar-refractivity contribution in [3.63, 3.8) is 0 Å². The van der Waals surface area contributed by atoms with Crippen LogP contribution < -0.4 is 0 Å². The summed E-state index contributed by atoms with van der Waals surface area (Å²) in [6, 6.07) is 0. The van der Waals surface area contributed by atoms with Crippen molar-refractivity contribution in [3.8, 4) is 0 Å². The van der Waals surface area contributed by atoms with Gasteiger partial charge in [0.15, 0.2) is 0 Å². The zero-order chi connectivity index (χ0) is 10.8. The van der Waals surface area contributed by atoms with Crippen LogP contribution in [0.25, 0.3) is 0 Å². The molecule has 1 heterocycles. The lowest BCUT2D eigenvalue weighted by Crippen LogP contribution is -2.49. The molecule has 2 nitrogen and oxygen atoms in total. The second-order valence-electron chi connectivity index (χ2n) is 5.02. The van der Waals surface area contributed by atoms with E-state index >= 15 is 0 Å². The third-order valence-corrected chi connectivity index (χ3v) is 3.04. The van der Waals surface area contributed by atoms with Gasteiger partial charge < -0.3 is 9.47 Å². The summed E-state index contributed by atoms with van der Waals surface area (Å²) >= 11 is 0. The van der Waals surface area contributed by atoms with Crippen LogP contribution in [0, 0.1) is 5.41 Å². The molecule has 82 valence electrons. The van der Waals surface area contributed by atoms with Gasteiger partial charge in [0.1, 0.15) is 0 Å². The fraction of sp³-hybridized carbons (Fsp3) is 0.833. The lowest BCUT2D eigenvalue weighted by Gasteiger charge is -2.45. The Balaban J connectivity index is 2.75. The first-order valence-corrected chi connectivity index (χ1v) is 5.24. The number of allylic oxidation sites excluding steroid dienone is 1. The fourth-order valence-electron chi connectivity index (χ4n) is 2.02. The van der Waals surface area contributed by atoms with Crippen molar-refractivity contribution in [2.24, 2.45) is 5.41 Å². The van der Waals surface area contributed by atoms with Gasteiger partial charge in [-0.2, -0.15) is 0 Å². The first-order chi connectivity index (χ1) is 6.43. The van der Waals surface area contributed by atoms with E-state index in [4.69, 9.17) is 9.47 Å². The summed E-state index contributed by atoms with van der Waals surface area (Å²) in [7, 11) is 1.79. The number of hydrogen-bond donors (Lipinski definition) is 0. The molecule has 1 rings (SSSR count). The molecule has 0 aromatic carbocycles. The van der Waals surface area contributed by atoms with E-state index in [1.165, 1.54) is 0 Å². The van der Waals surface area contributed by atoms with Gasteiger partial charge in [-0.15, -0.1) is 0 Å². The van der Waals surface area contributed by atoms with Crippen molar-refractivity contribution in [3.05, 3.63) is 12.2 Å². The van der Waals surface area contributed by atoms with Gasteiger partial charge in [-0.25, -0.2) is 0 Å². The molecule has 0 radical (unpaired) electrons. The second-order valence-corrected chi connectivity index (χ2v) is 5.02. The quantitative estimate of drug-likeness (QED) is 0.635. The summed E-state index contributed by atoms with van der Waals surface area (Å²) in [5.41, 5.74) is -0.0270. The average molecular weight is 198 g/mol. The molecule has 1 aliphatic heterocycles. The van der Waals surface area contributed by atoms with Crippen LogP contribution in [-0.2, 0) is 9.47 Å². The first kappa shape index (κ1) is 11.7. The molecule has 1 fully saturated rings. The van der Waals surface area contributed by atoms with E-state index in [0.29, 0.717) is 0 Å². The molecule has 0 aliphatic carbocycles. The predicted molar refractivity (Wildman–Crippen MR) is 58.4 cm³/mol. The summed E-state index contributed by atoms with van der Waals surface area (Å²) in [4.78, 5) is 0. The van der Waals surface area contributed by atoms with E-state index in [1.54, 1.807) is 7.11 Å². The number of ether oxygens (including phenoxy) is 2. The van der Waals surface area contributed by atoms with Crippen molar-refractivity contribution in [2.75, 3.05) is 13.7 Å². The summed E-state index contributed by atoms with van der Waals surface area (Å²) in [5.74, 6) is 0. The summed E-state index contributed by atoms with van der Waals surface area (Å²) in [6.07, 6.45) is 5.37. The van der Waals surface area contributed by atoms with E-state index in [-0.39, 0.29) is 17.1 Å². The van der Waals surface area contributed by atoms with Gasteiger partial charge in [0.05, 0.1) is 18.3 Å². The summed E-state index contributed by atoms with van der Waals surface area (Å²) in [6.45, 7) is 9.28. The second kappa shape index (κ2) is 4.03. The largest absolute Gasteiger partial charge is 0.381 e. The minimum atomic E-state index is -0.148. The van der Waals surface area contributed by atoms with Crippen molar-refractivity contribution < 1.29 is 9.47 Å². The van der Waals surface area contributed by atoms with Crippen molar-refractivity contribution in [1.82, 2.24) is 0 Å². The van der Waals surface area contributed by atoms with Gasteiger partial charge in [0.2, 0.25) is 0 Å². The lowest BCUT2D eigenvalue weighted by molar-refractivity contribution is -0.158. The molecule has 2 unspecified atom stereocenters. The monoisotopic (exact) mass is 198 g/mol. The van der Waals surface area contributed by atoms with Gasteiger partial charge >= 0.3 is 0 Å². The molecule has 2 atom stereocenters. The van der Waals surface area contributed by atoms with E-state index < -0.39 is 0 Å². The molecule has 0 amide bonds. The van der Waals surface area contributed by atoms with Crippen LogP contribution in [0.2, 0.25) is 0 Å². The van der Waals surface area contributed by atoms with E-state index in [0.717, 1.165) is 13.0 Å². The maximum absolute atomic E-state index is 5.89. The number of hydrogen-bond acceptors (Lipinski definition) is 2. The highest BCUT2D eigenvalue weighted by atomic mass is 16.5. The minimum absolute atomic E-state index is 0.121. The Labute approximate surface area is 87.3 Å². The van der Waals surface area contributed by atoms with Gasteiger partial charge in [-0.05, 0) is 13.8 Å². The molecule has 0 N–H and O–H groups in total. The Morgan fingerprint density at radius 1 is 1.36 bits per heavy atom. The Morgan fingerprint density at radius 3 is 2.50 bits per heavy atom.